The molecule has 0 spiro atoms. The van der Waals surface area contributed by atoms with Crippen LogP contribution in [0, 0.1) is 13.8 Å². The number of piperazine rings is 1. The van der Waals surface area contributed by atoms with Gasteiger partial charge in [-0.3, -0.25) is 0 Å². The SMILES string of the molecule is Cc1cc(N2CCCCC2)nc(N2CCN(S(=O)(=O)c3ccc(C)c(Cl)c3)CC2)n1. The largest absolute Gasteiger partial charge is 0.356 e. The molecule has 0 aliphatic carbocycles. The van der Waals surface area contributed by atoms with Gasteiger partial charge in [-0.05, 0) is 50.8 Å². The maximum absolute atomic E-state index is 13.0. The van der Waals surface area contributed by atoms with Crippen LogP contribution in [0.15, 0.2) is 29.2 Å². The molecule has 0 radical (unpaired) electrons. The van der Waals surface area contributed by atoms with Crippen molar-refractivity contribution in [1.29, 1.82) is 0 Å². The van der Waals surface area contributed by atoms with Crippen LogP contribution in [0.4, 0.5) is 11.8 Å². The molecule has 2 saturated heterocycles. The van der Waals surface area contributed by atoms with E-state index in [0.29, 0.717) is 37.1 Å². The van der Waals surface area contributed by atoms with Gasteiger partial charge in [0.25, 0.3) is 0 Å². The first-order valence-corrected chi connectivity index (χ1v) is 12.3. The predicted molar refractivity (Wildman–Crippen MR) is 120 cm³/mol. The van der Waals surface area contributed by atoms with Crippen LogP contribution in [-0.4, -0.2) is 62.0 Å². The molecule has 0 atom stereocenters. The summed E-state index contributed by atoms with van der Waals surface area (Å²) in [7, 11) is -3.57. The van der Waals surface area contributed by atoms with E-state index in [1.807, 2.05) is 19.9 Å². The predicted octanol–water partition coefficient (Wildman–Crippen LogP) is 3.25. The molecule has 0 unspecified atom stereocenters. The summed E-state index contributed by atoms with van der Waals surface area (Å²) < 4.78 is 27.6. The van der Waals surface area contributed by atoms with Crippen molar-refractivity contribution in [3.8, 4) is 0 Å². The summed E-state index contributed by atoms with van der Waals surface area (Å²) in [6.45, 7) is 7.80. The van der Waals surface area contributed by atoms with Gasteiger partial charge >= 0.3 is 0 Å². The zero-order valence-corrected chi connectivity index (χ0v) is 19.1. The first-order valence-electron chi connectivity index (χ1n) is 10.5. The van der Waals surface area contributed by atoms with Gasteiger partial charge in [0.15, 0.2) is 0 Å². The van der Waals surface area contributed by atoms with Gasteiger partial charge in [-0.2, -0.15) is 9.29 Å². The second-order valence-electron chi connectivity index (χ2n) is 8.02. The number of halogens is 1. The maximum Gasteiger partial charge on any atom is 0.243 e. The molecule has 9 heteroatoms. The van der Waals surface area contributed by atoms with Crippen LogP contribution in [0.5, 0.6) is 0 Å². The second kappa shape index (κ2) is 8.69. The summed E-state index contributed by atoms with van der Waals surface area (Å²) in [6, 6.07) is 6.94. The lowest BCUT2D eigenvalue weighted by Gasteiger charge is -2.35. The third-order valence-corrected chi connectivity index (χ3v) is 8.11. The first-order chi connectivity index (χ1) is 14.3. The third-order valence-electron chi connectivity index (χ3n) is 5.81. The number of aromatic nitrogens is 2. The minimum atomic E-state index is -3.57. The van der Waals surface area contributed by atoms with Crippen molar-refractivity contribution in [2.75, 3.05) is 49.1 Å². The molecule has 0 N–H and O–H groups in total. The molecule has 2 aliphatic rings. The Labute approximate surface area is 183 Å². The van der Waals surface area contributed by atoms with Crippen molar-refractivity contribution in [2.45, 2.75) is 38.0 Å². The Kier molecular flexibility index (Phi) is 6.18. The lowest BCUT2D eigenvalue weighted by Crippen LogP contribution is -2.49. The number of sulfonamides is 1. The van der Waals surface area contributed by atoms with E-state index in [1.165, 1.54) is 29.6 Å². The molecule has 2 fully saturated rings. The van der Waals surface area contributed by atoms with Gasteiger partial charge in [0, 0.05) is 56.1 Å². The summed E-state index contributed by atoms with van der Waals surface area (Å²) >= 11 is 6.14. The van der Waals surface area contributed by atoms with Gasteiger partial charge in [-0.15, -0.1) is 0 Å². The molecule has 2 aromatic rings. The normalized spacial score (nSPS) is 18.6. The number of hydrogen-bond donors (Lipinski definition) is 0. The molecule has 3 heterocycles. The maximum atomic E-state index is 13.0. The minimum absolute atomic E-state index is 0.241. The van der Waals surface area contributed by atoms with Crippen LogP contribution in [0.25, 0.3) is 0 Å². The molecular formula is C21H28ClN5O2S. The average molecular weight is 450 g/mol. The molecule has 0 amide bonds. The summed E-state index contributed by atoms with van der Waals surface area (Å²) in [5, 5.41) is 0.466. The quantitative estimate of drug-likeness (QED) is 0.713. The molecule has 0 bridgehead atoms. The molecule has 30 heavy (non-hydrogen) atoms. The van der Waals surface area contributed by atoms with Crippen LogP contribution in [0.3, 0.4) is 0 Å². The third kappa shape index (κ3) is 4.40. The number of nitrogens with zero attached hydrogens (tertiary/aromatic N) is 5. The van der Waals surface area contributed by atoms with Crippen LogP contribution in [-0.2, 0) is 10.0 Å². The fourth-order valence-corrected chi connectivity index (χ4v) is 5.67. The molecule has 7 nitrogen and oxygen atoms in total. The standard InChI is InChI=1S/C21H28ClN5O2S/c1-16-6-7-18(15-19(16)22)30(28,29)27-12-10-26(11-13-27)21-23-17(2)14-20(24-21)25-8-4-3-5-9-25/h6-7,14-15H,3-5,8-13H2,1-2H3. The molecule has 1 aromatic carbocycles. The number of benzene rings is 1. The Morgan fingerprint density at radius 2 is 1.57 bits per heavy atom. The van der Waals surface area contributed by atoms with Crippen LogP contribution < -0.4 is 9.80 Å². The molecule has 1 aromatic heterocycles. The number of hydrogen-bond acceptors (Lipinski definition) is 6. The highest BCUT2D eigenvalue weighted by atomic mass is 35.5. The fourth-order valence-electron chi connectivity index (χ4n) is 3.97. The van der Waals surface area contributed by atoms with E-state index in [0.717, 1.165) is 30.2 Å². The highest BCUT2D eigenvalue weighted by Crippen LogP contribution is 2.25. The van der Waals surface area contributed by atoms with Crippen molar-refractivity contribution < 1.29 is 8.42 Å². The molecule has 162 valence electrons. The Morgan fingerprint density at radius 3 is 2.23 bits per heavy atom. The van der Waals surface area contributed by atoms with Crippen molar-refractivity contribution in [1.82, 2.24) is 14.3 Å². The topological polar surface area (TPSA) is 69.6 Å². The van der Waals surface area contributed by atoms with Crippen molar-refractivity contribution in [3.05, 3.63) is 40.5 Å². The van der Waals surface area contributed by atoms with Gasteiger partial charge in [0.2, 0.25) is 16.0 Å². The summed E-state index contributed by atoms with van der Waals surface area (Å²) in [6.07, 6.45) is 3.66. The smallest absolute Gasteiger partial charge is 0.243 e. The average Bonchev–Trinajstić information content (AvgIpc) is 2.76. The number of anilines is 2. The van der Waals surface area contributed by atoms with E-state index < -0.39 is 10.0 Å². The van der Waals surface area contributed by atoms with Gasteiger partial charge in [-0.1, -0.05) is 17.7 Å². The second-order valence-corrected chi connectivity index (χ2v) is 10.4. The van der Waals surface area contributed by atoms with Crippen molar-refractivity contribution >= 4 is 33.4 Å². The molecule has 4 rings (SSSR count). The summed E-state index contributed by atoms with van der Waals surface area (Å²) in [5.74, 6) is 1.66. The van der Waals surface area contributed by atoms with E-state index in [-0.39, 0.29) is 4.90 Å². The summed E-state index contributed by atoms with van der Waals surface area (Å²) in [5.41, 5.74) is 1.80. The summed E-state index contributed by atoms with van der Waals surface area (Å²) in [4.78, 5) is 14.1. The highest BCUT2D eigenvalue weighted by Gasteiger charge is 2.30. The van der Waals surface area contributed by atoms with Gasteiger partial charge in [0.1, 0.15) is 5.82 Å². The monoisotopic (exact) mass is 449 g/mol. The van der Waals surface area contributed by atoms with Gasteiger partial charge in [-0.25, -0.2) is 13.4 Å². The Balaban J connectivity index is 1.48. The lowest BCUT2D eigenvalue weighted by atomic mass is 10.1. The van der Waals surface area contributed by atoms with Crippen molar-refractivity contribution in [2.24, 2.45) is 0 Å². The van der Waals surface area contributed by atoms with Crippen LogP contribution in [0.2, 0.25) is 5.02 Å². The number of aryl methyl sites for hydroxylation is 2. The van der Waals surface area contributed by atoms with Crippen LogP contribution >= 0.6 is 11.6 Å². The van der Waals surface area contributed by atoms with Crippen LogP contribution in [0.1, 0.15) is 30.5 Å². The van der Waals surface area contributed by atoms with E-state index in [4.69, 9.17) is 16.6 Å². The van der Waals surface area contributed by atoms with Gasteiger partial charge < -0.3 is 9.80 Å². The molecular weight excluding hydrogens is 422 g/mol. The zero-order valence-electron chi connectivity index (χ0n) is 17.5. The zero-order chi connectivity index (χ0) is 21.3. The molecule has 2 aliphatic heterocycles. The lowest BCUT2D eigenvalue weighted by molar-refractivity contribution is 0.382. The fraction of sp³-hybridized carbons (Fsp3) is 0.524. The molecule has 0 saturated carbocycles. The Bertz CT molecular complexity index is 1020. The minimum Gasteiger partial charge on any atom is -0.356 e. The number of piperidine rings is 1. The van der Waals surface area contributed by atoms with Gasteiger partial charge in [0.05, 0.1) is 4.90 Å². The van der Waals surface area contributed by atoms with E-state index in [9.17, 15) is 8.42 Å². The van der Waals surface area contributed by atoms with E-state index in [1.54, 1.807) is 12.1 Å². The number of rotatable bonds is 4. The first kappa shape index (κ1) is 21.3. The van der Waals surface area contributed by atoms with E-state index in [2.05, 4.69) is 14.8 Å². The Hall–Kier alpha value is -1.90. The van der Waals surface area contributed by atoms with E-state index >= 15 is 0 Å². The highest BCUT2D eigenvalue weighted by molar-refractivity contribution is 7.89. The van der Waals surface area contributed by atoms with Crippen molar-refractivity contribution in [3.63, 3.8) is 0 Å². The Morgan fingerprint density at radius 1 is 0.867 bits per heavy atom.